The van der Waals surface area contributed by atoms with Gasteiger partial charge in [0.05, 0.1) is 19.3 Å². The van der Waals surface area contributed by atoms with Gasteiger partial charge in [0.15, 0.2) is 6.29 Å². The average molecular weight is 531 g/mol. The van der Waals surface area contributed by atoms with Gasteiger partial charge in [0.1, 0.15) is 36.6 Å². The first-order valence-electron chi connectivity index (χ1n) is 14.8. The summed E-state index contributed by atoms with van der Waals surface area (Å²) in [5.41, 5.74) is 0. The molecule has 0 aromatic heterocycles. The van der Waals surface area contributed by atoms with Crippen molar-refractivity contribution in [1.82, 2.24) is 0 Å². The summed E-state index contributed by atoms with van der Waals surface area (Å²) < 4.78 is 30.4. The summed E-state index contributed by atoms with van der Waals surface area (Å²) in [7, 11) is 0. The SMILES string of the molecule is C=CCCCCCCCCCC1OC(COC2OC(CO)C(O)C2O)C(OCCCC)C1OCCCC. The maximum absolute atomic E-state index is 10.3. The third-order valence-corrected chi connectivity index (χ3v) is 7.34. The maximum atomic E-state index is 10.3. The fourth-order valence-electron chi connectivity index (χ4n) is 5.01. The van der Waals surface area contributed by atoms with E-state index >= 15 is 0 Å². The van der Waals surface area contributed by atoms with Crippen molar-refractivity contribution in [2.75, 3.05) is 26.4 Å². The fourth-order valence-corrected chi connectivity index (χ4v) is 5.01. The number of hydrogen-bond donors (Lipinski definition) is 3. The first kappa shape index (κ1) is 32.6. The molecule has 0 bridgehead atoms. The summed E-state index contributed by atoms with van der Waals surface area (Å²) in [5, 5.41) is 29.6. The van der Waals surface area contributed by atoms with Gasteiger partial charge in [-0.2, -0.15) is 0 Å². The molecule has 0 aromatic carbocycles. The van der Waals surface area contributed by atoms with E-state index in [4.69, 9.17) is 23.7 Å². The molecule has 8 unspecified atom stereocenters. The van der Waals surface area contributed by atoms with Crippen molar-refractivity contribution in [1.29, 1.82) is 0 Å². The van der Waals surface area contributed by atoms with Crippen molar-refractivity contribution in [2.45, 2.75) is 146 Å². The Labute approximate surface area is 224 Å². The quantitative estimate of drug-likeness (QED) is 0.141. The van der Waals surface area contributed by atoms with Gasteiger partial charge in [-0.1, -0.05) is 71.3 Å². The number of aliphatic hydroxyl groups is 3. The van der Waals surface area contributed by atoms with Crippen LogP contribution in [0.3, 0.4) is 0 Å². The zero-order valence-corrected chi connectivity index (χ0v) is 23.3. The second kappa shape index (κ2) is 19.5. The largest absolute Gasteiger partial charge is 0.394 e. The molecule has 37 heavy (non-hydrogen) atoms. The number of ether oxygens (including phenoxy) is 5. The number of allylic oxidation sites excluding steroid dienone is 1. The van der Waals surface area contributed by atoms with Crippen LogP contribution in [0.2, 0.25) is 0 Å². The van der Waals surface area contributed by atoms with Crippen LogP contribution < -0.4 is 0 Å². The molecule has 0 aliphatic carbocycles. The molecule has 218 valence electrons. The van der Waals surface area contributed by atoms with Crippen molar-refractivity contribution in [2.24, 2.45) is 0 Å². The van der Waals surface area contributed by atoms with Gasteiger partial charge in [-0.15, -0.1) is 6.58 Å². The van der Waals surface area contributed by atoms with Crippen molar-refractivity contribution >= 4 is 0 Å². The molecule has 2 fully saturated rings. The van der Waals surface area contributed by atoms with Gasteiger partial charge in [0.2, 0.25) is 0 Å². The Kier molecular flexibility index (Phi) is 17.2. The molecule has 2 aliphatic rings. The van der Waals surface area contributed by atoms with E-state index in [2.05, 4.69) is 20.4 Å². The van der Waals surface area contributed by atoms with Gasteiger partial charge in [-0.3, -0.25) is 0 Å². The van der Waals surface area contributed by atoms with E-state index in [1.54, 1.807) is 0 Å². The Hall–Kier alpha value is -0.580. The van der Waals surface area contributed by atoms with E-state index in [1.807, 2.05) is 6.08 Å². The molecule has 0 saturated carbocycles. The van der Waals surface area contributed by atoms with Gasteiger partial charge >= 0.3 is 0 Å². The number of unbranched alkanes of at least 4 members (excludes halogenated alkanes) is 9. The third-order valence-electron chi connectivity index (χ3n) is 7.34. The van der Waals surface area contributed by atoms with E-state index in [-0.39, 0.29) is 37.6 Å². The summed E-state index contributed by atoms with van der Waals surface area (Å²) in [6.45, 7) is 9.13. The van der Waals surface area contributed by atoms with E-state index in [0.29, 0.717) is 13.2 Å². The Morgan fingerprint density at radius 1 is 0.703 bits per heavy atom. The fraction of sp³-hybridized carbons (Fsp3) is 0.931. The molecule has 8 atom stereocenters. The summed E-state index contributed by atoms with van der Waals surface area (Å²) >= 11 is 0. The van der Waals surface area contributed by atoms with Crippen molar-refractivity contribution in [3.63, 3.8) is 0 Å². The standard InChI is InChI=1S/C29H54O8/c1-4-7-10-11-12-13-14-15-16-17-22-27(33-18-8-5-2)28(34-19-9-6-3)24(36-22)21-35-29-26(32)25(31)23(20-30)37-29/h4,22-32H,1,5-21H2,2-3H3. The second-order valence-corrected chi connectivity index (χ2v) is 10.5. The zero-order chi connectivity index (χ0) is 26.9. The van der Waals surface area contributed by atoms with Gasteiger partial charge in [-0.25, -0.2) is 0 Å². The van der Waals surface area contributed by atoms with Gasteiger partial charge in [0.25, 0.3) is 0 Å². The lowest BCUT2D eigenvalue weighted by molar-refractivity contribution is -0.191. The van der Waals surface area contributed by atoms with Crippen LogP contribution >= 0.6 is 0 Å². The highest BCUT2D eigenvalue weighted by molar-refractivity contribution is 4.94. The van der Waals surface area contributed by atoms with Gasteiger partial charge < -0.3 is 39.0 Å². The molecular weight excluding hydrogens is 476 g/mol. The lowest BCUT2D eigenvalue weighted by Gasteiger charge is -2.26. The molecule has 2 aliphatic heterocycles. The van der Waals surface area contributed by atoms with E-state index in [0.717, 1.165) is 44.9 Å². The lowest BCUT2D eigenvalue weighted by atomic mass is 10.0. The highest BCUT2D eigenvalue weighted by Gasteiger charge is 2.48. The van der Waals surface area contributed by atoms with E-state index in [9.17, 15) is 15.3 Å². The van der Waals surface area contributed by atoms with Crippen LogP contribution in [0.1, 0.15) is 97.3 Å². The molecule has 2 saturated heterocycles. The van der Waals surface area contributed by atoms with E-state index in [1.165, 1.54) is 38.5 Å². The minimum Gasteiger partial charge on any atom is -0.394 e. The maximum Gasteiger partial charge on any atom is 0.186 e. The highest BCUT2D eigenvalue weighted by Crippen LogP contribution is 2.32. The smallest absolute Gasteiger partial charge is 0.186 e. The monoisotopic (exact) mass is 530 g/mol. The van der Waals surface area contributed by atoms with Crippen LogP contribution in [-0.4, -0.2) is 90.8 Å². The Morgan fingerprint density at radius 2 is 1.30 bits per heavy atom. The minimum atomic E-state index is -1.22. The molecule has 0 spiro atoms. The molecule has 2 heterocycles. The number of hydrogen-bond acceptors (Lipinski definition) is 8. The molecule has 3 N–H and O–H groups in total. The molecule has 0 radical (unpaired) electrons. The van der Waals surface area contributed by atoms with Gasteiger partial charge in [-0.05, 0) is 32.1 Å². The van der Waals surface area contributed by atoms with Crippen LogP contribution in [0.4, 0.5) is 0 Å². The topological polar surface area (TPSA) is 107 Å². The van der Waals surface area contributed by atoms with Crippen LogP contribution in [0.25, 0.3) is 0 Å². The third kappa shape index (κ3) is 11.2. The Bertz CT molecular complexity index is 576. The van der Waals surface area contributed by atoms with Gasteiger partial charge in [0, 0.05) is 13.2 Å². The summed E-state index contributed by atoms with van der Waals surface area (Å²) in [5.74, 6) is 0. The molecule has 2 rings (SSSR count). The summed E-state index contributed by atoms with van der Waals surface area (Å²) in [6.07, 6.45) is 11.5. The number of aliphatic hydroxyl groups excluding tert-OH is 3. The zero-order valence-electron chi connectivity index (χ0n) is 23.3. The minimum absolute atomic E-state index is 0.0742. The first-order chi connectivity index (χ1) is 18.1. The molecular formula is C29H54O8. The number of rotatable bonds is 22. The summed E-state index contributed by atoms with van der Waals surface area (Å²) in [6, 6.07) is 0. The van der Waals surface area contributed by atoms with Crippen molar-refractivity contribution in [3.05, 3.63) is 12.7 Å². The normalized spacial score (nSPS) is 31.8. The van der Waals surface area contributed by atoms with Crippen molar-refractivity contribution in [3.8, 4) is 0 Å². The molecule has 8 heteroatoms. The highest BCUT2D eigenvalue weighted by atomic mass is 16.7. The Morgan fingerprint density at radius 3 is 1.86 bits per heavy atom. The van der Waals surface area contributed by atoms with Crippen LogP contribution in [0.5, 0.6) is 0 Å². The summed E-state index contributed by atoms with van der Waals surface area (Å²) in [4.78, 5) is 0. The predicted molar refractivity (Wildman–Crippen MR) is 143 cm³/mol. The van der Waals surface area contributed by atoms with Crippen LogP contribution in [0, 0.1) is 0 Å². The van der Waals surface area contributed by atoms with Crippen molar-refractivity contribution < 1.29 is 39.0 Å². The molecule has 0 amide bonds. The predicted octanol–water partition coefficient (Wildman–Crippen LogP) is 4.28. The lowest BCUT2D eigenvalue weighted by Crippen LogP contribution is -2.41. The second-order valence-electron chi connectivity index (χ2n) is 10.5. The van der Waals surface area contributed by atoms with E-state index < -0.39 is 24.6 Å². The molecule has 0 aromatic rings. The average Bonchev–Trinajstić information content (AvgIpc) is 3.37. The Balaban J connectivity index is 1.91. The van der Waals surface area contributed by atoms with Crippen LogP contribution in [0.15, 0.2) is 12.7 Å². The molecule has 8 nitrogen and oxygen atoms in total. The first-order valence-corrected chi connectivity index (χ1v) is 14.8. The van der Waals surface area contributed by atoms with Crippen LogP contribution in [-0.2, 0) is 23.7 Å².